The Kier molecular flexibility index (Phi) is 85.0. The summed E-state index contributed by atoms with van der Waals surface area (Å²) >= 11 is 35.3. The molecular weight excluding hydrogens is 2220 g/mol. The number of hydrogen-bond donors (Lipinski definition) is 11. The van der Waals surface area contributed by atoms with Crippen LogP contribution in [0.4, 0.5) is 23.8 Å². The molecule has 1 aliphatic heterocycles. The first-order chi connectivity index (χ1) is 67.4. The molecule has 45 heteroatoms. The number of halogens is 9. The molecule has 9 aromatic carbocycles. The zero-order valence-corrected chi connectivity index (χ0v) is 95.4. The number of phenolic OH excluding ortho intramolecular Hbond substituents is 5. The number of phenols is 5. The maximum atomic E-state index is 14.1. The van der Waals surface area contributed by atoms with Gasteiger partial charge in [0.1, 0.15) is 63.5 Å². The average Bonchev–Trinajstić information content (AvgIpc) is 1.00. The minimum Gasteiger partial charge on any atom is -0.508 e. The molecule has 11 rings (SSSR count). The maximum absolute atomic E-state index is 14.1. The largest absolute Gasteiger partial charge is 1.00 e. The van der Waals surface area contributed by atoms with Crippen molar-refractivity contribution in [1.82, 2.24) is 20.9 Å². The number of aromatic nitrogens is 1. The number of nitrogens with one attached hydrogen (secondary N) is 3. The van der Waals surface area contributed by atoms with E-state index in [1.54, 1.807) is 80.0 Å². The number of nitrogens with zero attached hydrogens (tertiary/aromatic N) is 2. The first-order valence-electron chi connectivity index (χ1n) is 42.5. The monoisotopic (exact) mass is 2330 g/mol. The fraction of sp³-hybridized carbons (Fsp3) is 0.270. The van der Waals surface area contributed by atoms with Crippen molar-refractivity contribution < 1.29 is 247 Å². The number of aryl methyl sites for hydroxylation is 2. The minimum atomic E-state index is -4.79. The Hall–Kier alpha value is -7.80. The molecule has 1 aromatic heterocycles. The van der Waals surface area contributed by atoms with Crippen molar-refractivity contribution in [3.05, 3.63) is 301 Å². The first-order valence-corrected chi connectivity index (χ1v) is 48.6. The summed E-state index contributed by atoms with van der Waals surface area (Å²) in [6.45, 7) is 8.86. The molecule has 2 amide bonds. The van der Waals surface area contributed by atoms with Gasteiger partial charge in [0.25, 0.3) is 11.5 Å². The van der Waals surface area contributed by atoms with Gasteiger partial charge in [-0.1, -0.05) is 180 Å². The van der Waals surface area contributed by atoms with Gasteiger partial charge in [0.2, 0.25) is 5.91 Å². The van der Waals surface area contributed by atoms with E-state index in [1.165, 1.54) is 118 Å². The molecule has 145 heavy (non-hydrogen) atoms. The van der Waals surface area contributed by atoms with Crippen LogP contribution in [0.25, 0.3) is 13.6 Å². The number of esters is 3. The van der Waals surface area contributed by atoms with Crippen LogP contribution in [0.5, 0.6) is 28.7 Å². The van der Waals surface area contributed by atoms with E-state index in [0.717, 1.165) is 80.7 Å². The van der Waals surface area contributed by atoms with Gasteiger partial charge in [-0.05, 0) is 221 Å². The number of nitrogens with two attached hydrogens (primary N) is 2. The van der Waals surface area contributed by atoms with Crippen LogP contribution in [-0.4, -0.2) is 191 Å². The second kappa shape index (κ2) is 85.9. The number of amides is 2. The number of benzene rings is 9. The molecule has 30 nitrogen and oxygen atoms in total. The molecule has 2 heterocycles. The summed E-state index contributed by atoms with van der Waals surface area (Å²) in [6.07, 6.45) is 14.4. The standard InChI is InChI=1S/C20H17OP.C14H13ClF2N2O4S2.C13H18ClNO3.C13H16ClNO3.C12H17ClN2O2.C9H7ClO2.C7H5ClO2.C4H9NO2.C4H8O.CH2F.CH2O3.CH4.CH3.2K.Pd/c21-16-17-22(18-10-4-1-5-11-18,19-12-6-2-7-13-19)20-14-8-3-9-15-20;1-14(2,3)23-13(20)19(12-6-24-7-18-12)25(21,22)11-4-8(15)9(16)5-10(11)17;2*1-18-13(17)6-8-15-7-2-3-10-9-11(14)4-5-12(10)16;13-10-3-4-11(16)9(8-10)2-1-6-15-7-5-12(14)17;10-8-3-4-9(12)7(6-8)2-1-5-11;8-6-1-2-7(10)5(3-6)4-9;1-7-4(6)2-3-5;1-2-4-5-3-1;1-2;2-1-4-3;;;;;/h1-17H;4-7H,1-3H3;4-5,9,15-16H,2-3,6-8H2,1H3;2-5,9,15-16H,6-8H2,1H3;3-4,8,15-16H,1-2,5-7H2,(H2,14,17);1-6,12H;1-4,10H;2-3,5H2,1H3;1-4H2;1H2;1,3H;1H4;1H3;;;/q;;;;;;;;;-1;;;-1;2*+1;/b;;;3-2+;;2-1+;;;;;;;;;;/i/hD. The quantitative estimate of drug-likeness (QED) is 0.00152. The van der Waals surface area contributed by atoms with Gasteiger partial charge in [0.05, 0.1) is 56.7 Å². The molecule has 0 unspecified atom stereocenters. The van der Waals surface area contributed by atoms with Gasteiger partial charge in [-0.2, -0.15) is 7.18 Å². The number of carbonyl (C=O) groups excluding carboxylic acids is 9. The topological polar surface area (TPSA) is 469 Å². The number of carbonyl (C=O) groups is 9. The summed E-state index contributed by atoms with van der Waals surface area (Å²) in [6, 6.07) is 55.7. The van der Waals surface area contributed by atoms with Crippen LogP contribution in [-0.2, 0) is 105 Å². The number of aromatic hydroxyl groups is 5. The number of ether oxygens (including phenoxy) is 5. The Morgan fingerprint density at radius 1 is 0.572 bits per heavy atom. The van der Waals surface area contributed by atoms with E-state index in [4.69, 9.17) is 102 Å². The Balaban J connectivity index is -0.000000516. The second-order valence-electron chi connectivity index (χ2n) is 28.9. The zero-order valence-electron chi connectivity index (χ0n) is 81.6. The molecule has 10 aromatic rings. The summed E-state index contributed by atoms with van der Waals surface area (Å²) in [7, 11) is 1.05. The Bertz CT molecular complexity index is 5560. The summed E-state index contributed by atoms with van der Waals surface area (Å²) in [5.74, 6) is -1.16. The number of primary amides is 1. The molecule has 1 saturated heterocycles. The van der Waals surface area contributed by atoms with E-state index >= 15 is 0 Å². The molecule has 13 N–H and O–H groups in total. The Labute approximate surface area is 980 Å². The molecule has 0 saturated carbocycles. The second-order valence-corrected chi connectivity index (χ2v) is 37.2. The maximum Gasteiger partial charge on any atom is 1.00 e. The van der Waals surface area contributed by atoms with Crippen LogP contribution in [0.2, 0.25) is 30.1 Å². The smallest absolute Gasteiger partial charge is 0.508 e. The van der Waals surface area contributed by atoms with Crippen molar-refractivity contribution in [1.29, 1.82) is 1.43 Å². The third-order valence-corrected chi connectivity index (χ3v) is 25.2. The van der Waals surface area contributed by atoms with E-state index < -0.39 is 50.2 Å². The van der Waals surface area contributed by atoms with Crippen LogP contribution in [0.3, 0.4) is 0 Å². The Morgan fingerprint density at radius 2 is 0.979 bits per heavy atom. The van der Waals surface area contributed by atoms with E-state index in [2.05, 4.69) is 81.7 Å². The molecule has 0 spiro atoms. The van der Waals surface area contributed by atoms with Crippen LogP contribution in [0.1, 0.15) is 112 Å². The SMILES string of the molecule is C.C1CCOC1.CC(C)(C)OC(=O)N(c1cscn1)S(=O)(=O)c1cc(Cl)c(F)cc1F.COC(=O)CCN.COC(=O)CCNC/C=C/c1cc(Cl)ccc1O.COC(=O)CCNCCCc1cc(Cl)ccc1O.NC(=O)CCNCCCc1cc(Cl)ccc1O.O=C/C=C/c1cc(Cl)ccc1O.O=CC=P(c1ccccc1)(c1ccccc1)c1ccccc1.O=Cc1cc(Cl)ccc1O.[2H]OOC=O.[CH2-]F.[CH3-].[K+].[K+].[Pd]. The number of methoxy groups -OCH3 is 3. The van der Waals surface area contributed by atoms with Crippen LogP contribution in [0.15, 0.2) is 222 Å². The number of allylic oxidation sites excluding steroid dienone is 1. The predicted molar refractivity (Wildman–Crippen MR) is 559 cm³/mol. The van der Waals surface area contributed by atoms with Crippen molar-refractivity contribution in [2.45, 2.75) is 103 Å². The number of rotatable bonds is 34. The Morgan fingerprint density at radius 3 is 1.33 bits per heavy atom. The van der Waals surface area contributed by atoms with Gasteiger partial charge in [0, 0.05) is 120 Å². The number of sulfonamides is 1. The molecule has 0 aliphatic carbocycles. The molecule has 786 valence electrons. The number of thiazole rings is 1. The van der Waals surface area contributed by atoms with E-state index in [9.17, 15) is 80.4 Å². The summed E-state index contributed by atoms with van der Waals surface area (Å²) in [4.78, 5) is 101. The van der Waals surface area contributed by atoms with E-state index in [-0.39, 0.29) is 213 Å². The summed E-state index contributed by atoms with van der Waals surface area (Å²) < 4.78 is 91.4. The van der Waals surface area contributed by atoms with Crippen molar-refractivity contribution in [3.63, 3.8) is 0 Å². The number of aldehydes is 3. The number of anilines is 1. The third kappa shape index (κ3) is 61.8. The van der Waals surface area contributed by atoms with Gasteiger partial charge >= 0.3 is 133 Å². The van der Waals surface area contributed by atoms with E-state index in [0.29, 0.717) is 119 Å². The third-order valence-electron chi connectivity index (χ3n) is 17.6. The normalized spacial score (nSPS) is 10.6. The average molecular weight is 2340 g/mol. The van der Waals surface area contributed by atoms with Crippen LogP contribution < -0.4 is 150 Å². The molecule has 1 aliphatic rings. The fourth-order valence-electron chi connectivity index (χ4n) is 11.1. The fourth-order valence-corrected chi connectivity index (χ4v) is 17.7. The van der Waals surface area contributed by atoms with Crippen molar-refractivity contribution in [2.75, 3.05) is 84.7 Å². The van der Waals surface area contributed by atoms with Crippen molar-refractivity contribution in [3.8, 4) is 28.7 Å². The molecular formula is C100H121Cl6F3K2N7O23PPdS2. The zero-order chi connectivity index (χ0) is 106. The minimum absolute atomic E-state index is 0. The molecule has 0 radical (unpaired) electrons. The predicted octanol–water partition coefficient (Wildman–Crippen LogP) is 12.9. The molecule has 0 bridgehead atoms. The summed E-state index contributed by atoms with van der Waals surface area (Å²) in [5.41, 5.74) is 13.4. The summed E-state index contributed by atoms with van der Waals surface area (Å²) in [5, 5.41) is 66.3. The van der Waals surface area contributed by atoms with E-state index in [1.807, 2.05) is 66.5 Å². The molecule has 0 atom stereocenters. The van der Waals surface area contributed by atoms with Gasteiger partial charge in [-0.3, -0.25) is 38.4 Å². The van der Waals surface area contributed by atoms with Gasteiger partial charge in [-0.25, -0.2) is 32.2 Å². The van der Waals surface area contributed by atoms with Crippen molar-refractivity contribution in [2.24, 2.45) is 11.5 Å². The van der Waals surface area contributed by atoms with Crippen LogP contribution in [0, 0.1) is 26.2 Å². The van der Waals surface area contributed by atoms with Gasteiger partial charge in [-0.15, -0.1) is 15.6 Å². The van der Waals surface area contributed by atoms with Gasteiger partial charge < -0.3 is 93.3 Å². The first kappa shape index (κ1) is 143. The van der Waals surface area contributed by atoms with Gasteiger partial charge in [0.15, 0.2) is 12.1 Å². The number of hydrogen-bond acceptors (Lipinski definition) is 29. The van der Waals surface area contributed by atoms with Crippen molar-refractivity contribution >= 4 is 193 Å². The van der Waals surface area contributed by atoms with Crippen LogP contribution >= 0.6 is 87.8 Å². The molecule has 1 fully saturated rings.